The summed E-state index contributed by atoms with van der Waals surface area (Å²) in [6.45, 7) is 12.8. The quantitative estimate of drug-likeness (QED) is 0.733. The molecule has 106 valence electrons. The smallest absolute Gasteiger partial charge is 0.312 e. The van der Waals surface area contributed by atoms with Gasteiger partial charge in [-0.2, -0.15) is 0 Å². The Morgan fingerprint density at radius 3 is 2.11 bits per heavy atom. The molecule has 0 aromatic heterocycles. The lowest BCUT2D eigenvalue weighted by atomic mass is 9.62. The Labute approximate surface area is 117 Å². The molecule has 0 atom stereocenters. The van der Waals surface area contributed by atoms with E-state index in [0.717, 1.165) is 5.56 Å². The molecule has 0 radical (unpaired) electrons. The summed E-state index contributed by atoms with van der Waals surface area (Å²) in [5, 5.41) is 0. The molecule has 0 amide bonds. The lowest BCUT2D eigenvalue weighted by Gasteiger charge is -2.42. The zero-order valence-electron chi connectivity index (χ0n) is 13.0. The van der Waals surface area contributed by atoms with Crippen LogP contribution in [0.15, 0.2) is 30.3 Å². The van der Waals surface area contributed by atoms with E-state index in [0.29, 0.717) is 12.5 Å². The van der Waals surface area contributed by atoms with Crippen LogP contribution in [0.4, 0.5) is 0 Å². The molecular formula is C17H26O2. The van der Waals surface area contributed by atoms with Gasteiger partial charge >= 0.3 is 5.97 Å². The van der Waals surface area contributed by atoms with E-state index in [1.807, 2.05) is 44.2 Å². The van der Waals surface area contributed by atoms with Crippen LogP contribution < -0.4 is 0 Å². The van der Waals surface area contributed by atoms with Gasteiger partial charge < -0.3 is 4.74 Å². The van der Waals surface area contributed by atoms with Crippen molar-refractivity contribution < 1.29 is 9.53 Å². The minimum Gasteiger partial charge on any atom is -0.460 e. The molecule has 19 heavy (non-hydrogen) atoms. The number of hydrogen-bond acceptors (Lipinski definition) is 2. The van der Waals surface area contributed by atoms with Gasteiger partial charge in [0.15, 0.2) is 0 Å². The van der Waals surface area contributed by atoms with E-state index in [-0.39, 0.29) is 11.4 Å². The van der Waals surface area contributed by atoms with E-state index in [4.69, 9.17) is 4.74 Å². The van der Waals surface area contributed by atoms with Crippen LogP contribution in [-0.2, 0) is 16.1 Å². The van der Waals surface area contributed by atoms with E-state index in [1.165, 1.54) is 0 Å². The molecule has 0 saturated heterocycles. The van der Waals surface area contributed by atoms with E-state index < -0.39 is 5.41 Å². The largest absolute Gasteiger partial charge is 0.460 e. The van der Waals surface area contributed by atoms with E-state index in [9.17, 15) is 4.79 Å². The molecule has 0 aliphatic heterocycles. The van der Waals surface area contributed by atoms with Gasteiger partial charge in [0.2, 0.25) is 0 Å². The van der Waals surface area contributed by atoms with Crippen LogP contribution >= 0.6 is 0 Å². The van der Waals surface area contributed by atoms with Crippen LogP contribution in [0.2, 0.25) is 0 Å². The summed E-state index contributed by atoms with van der Waals surface area (Å²) in [6.07, 6.45) is 0. The zero-order chi connectivity index (χ0) is 14.7. The minimum atomic E-state index is -0.504. The van der Waals surface area contributed by atoms with Gasteiger partial charge in [0.1, 0.15) is 6.61 Å². The third kappa shape index (κ3) is 3.37. The standard InChI is InChI=1S/C17H26O2/c1-13(2)16(3,4)17(5,6)15(18)19-12-14-10-8-7-9-11-14/h7-11,13H,12H2,1-6H3. The van der Waals surface area contributed by atoms with Crippen molar-refractivity contribution in [3.63, 3.8) is 0 Å². The van der Waals surface area contributed by atoms with E-state index in [1.54, 1.807) is 0 Å². The first-order chi connectivity index (χ1) is 8.69. The molecule has 1 rings (SSSR count). The highest BCUT2D eigenvalue weighted by atomic mass is 16.5. The lowest BCUT2D eigenvalue weighted by Crippen LogP contribution is -2.43. The van der Waals surface area contributed by atoms with Crippen molar-refractivity contribution in [1.29, 1.82) is 0 Å². The van der Waals surface area contributed by atoms with Gasteiger partial charge in [0.05, 0.1) is 5.41 Å². The van der Waals surface area contributed by atoms with Crippen molar-refractivity contribution in [3.05, 3.63) is 35.9 Å². The number of carbonyl (C=O) groups excluding carboxylic acids is 1. The topological polar surface area (TPSA) is 26.3 Å². The second-order valence-corrected chi connectivity index (χ2v) is 6.56. The fourth-order valence-electron chi connectivity index (χ4n) is 1.89. The monoisotopic (exact) mass is 262 g/mol. The van der Waals surface area contributed by atoms with Crippen LogP contribution in [-0.4, -0.2) is 5.97 Å². The summed E-state index contributed by atoms with van der Waals surface area (Å²) in [7, 11) is 0. The Kier molecular flexibility index (Phi) is 4.78. The van der Waals surface area contributed by atoms with E-state index >= 15 is 0 Å². The predicted molar refractivity (Wildman–Crippen MR) is 78.6 cm³/mol. The van der Waals surface area contributed by atoms with Gasteiger partial charge in [-0.05, 0) is 30.7 Å². The molecule has 1 aromatic carbocycles. The second kappa shape index (κ2) is 5.77. The second-order valence-electron chi connectivity index (χ2n) is 6.56. The summed E-state index contributed by atoms with van der Waals surface area (Å²) >= 11 is 0. The Bertz CT molecular complexity index is 416. The number of hydrogen-bond donors (Lipinski definition) is 0. The van der Waals surface area contributed by atoms with Crippen LogP contribution in [0.5, 0.6) is 0 Å². The van der Waals surface area contributed by atoms with Crippen molar-refractivity contribution >= 4 is 5.97 Å². The highest BCUT2D eigenvalue weighted by Crippen LogP contribution is 2.45. The number of esters is 1. The molecule has 0 N–H and O–H groups in total. The normalized spacial score (nSPS) is 12.6. The fraction of sp³-hybridized carbons (Fsp3) is 0.588. The third-order valence-electron chi connectivity index (χ3n) is 4.78. The molecule has 0 heterocycles. The van der Waals surface area contributed by atoms with Gasteiger partial charge in [-0.15, -0.1) is 0 Å². The van der Waals surface area contributed by atoms with Crippen LogP contribution in [0.25, 0.3) is 0 Å². The zero-order valence-corrected chi connectivity index (χ0v) is 13.0. The van der Waals surface area contributed by atoms with Crippen LogP contribution in [0.1, 0.15) is 47.1 Å². The summed E-state index contributed by atoms with van der Waals surface area (Å²) in [6, 6.07) is 9.79. The van der Waals surface area contributed by atoms with Gasteiger partial charge in [0, 0.05) is 0 Å². The van der Waals surface area contributed by atoms with Crippen molar-refractivity contribution in [2.45, 2.75) is 48.1 Å². The van der Waals surface area contributed by atoms with Crippen LogP contribution in [0, 0.1) is 16.7 Å². The van der Waals surface area contributed by atoms with Crippen molar-refractivity contribution in [3.8, 4) is 0 Å². The maximum atomic E-state index is 12.4. The van der Waals surface area contributed by atoms with Crippen molar-refractivity contribution in [1.82, 2.24) is 0 Å². The molecule has 2 nitrogen and oxygen atoms in total. The molecule has 0 unspecified atom stereocenters. The first kappa shape index (κ1) is 15.7. The molecule has 0 saturated carbocycles. The summed E-state index contributed by atoms with van der Waals surface area (Å²) in [5.41, 5.74) is 0.408. The molecular weight excluding hydrogens is 236 g/mol. The van der Waals surface area contributed by atoms with Gasteiger partial charge in [-0.3, -0.25) is 4.79 Å². The Morgan fingerprint density at radius 1 is 1.11 bits per heavy atom. The average molecular weight is 262 g/mol. The molecule has 0 spiro atoms. The van der Waals surface area contributed by atoms with Crippen molar-refractivity contribution in [2.24, 2.45) is 16.7 Å². The number of ether oxygens (including phenoxy) is 1. The summed E-state index contributed by atoms with van der Waals surface area (Å²) < 4.78 is 5.49. The summed E-state index contributed by atoms with van der Waals surface area (Å²) in [5.74, 6) is 0.279. The fourth-order valence-corrected chi connectivity index (χ4v) is 1.89. The average Bonchev–Trinajstić information content (AvgIpc) is 2.36. The van der Waals surface area contributed by atoms with Crippen LogP contribution in [0.3, 0.4) is 0 Å². The molecule has 0 bridgehead atoms. The number of benzene rings is 1. The Morgan fingerprint density at radius 2 is 1.63 bits per heavy atom. The van der Waals surface area contributed by atoms with E-state index in [2.05, 4.69) is 27.7 Å². The first-order valence-electron chi connectivity index (χ1n) is 6.90. The van der Waals surface area contributed by atoms with Crippen molar-refractivity contribution in [2.75, 3.05) is 0 Å². The predicted octanol–water partition coefficient (Wildman–Crippen LogP) is 4.44. The number of carbonyl (C=O) groups is 1. The minimum absolute atomic E-state index is 0.110. The molecule has 1 aromatic rings. The van der Waals surface area contributed by atoms with Gasteiger partial charge in [-0.1, -0.05) is 58.0 Å². The highest BCUT2D eigenvalue weighted by Gasteiger charge is 2.46. The molecule has 0 aliphatic rings. The Hall–Kier alpha value is -1.31. The highest BCUT2D eigenvalue weighted by molar-refractivity contribution is 5.77. The molecule has 0 aliphatic carbocycles. The molecule has 0 fully saturated rings. The lowest BCUT2D eigenvalue weighted by molar-refractivity contribution is -0.164. The Balaban J connectivity index is 2.72. The third-order valence-corrected chi connectivity index (χ3v) is 4.78. The molecule has 2 heteroatoms. The maximum Gasteiger partial charge on any atom is 0.312 e. The SMILES string of the molecule is CC(C)C(C)(C)C(C)(C)C(=O)OCc1ccccc1. The van der Waals surface area contributed by atoms with Gasteiger partial charge in [-0.25, -0.2) is 0 Å². The van der Waals surface area contributed by atoms with Gasteiger partial charge in [0.25, 0.3) is 0 Å². The summed E-state index contributed by atoms with van der Waals surface area (Å²) in [4.78, 5) is 12.4. The first-order valence-corrected chi connectivity index (χ1v) is 6.90. The number of rotatable bonds is 5. The maximum absolute atomic E-state index is 12.4.